The molecule has 3 aromatic rings. The molecule has 0 fully saturated rings. The molecule has 0 aliphatic heterocycles. The molecule has 1 N–H and O–H groups in total. The fourth-order valence-corrected chi connectivity index (χ4v) is 3.12. The topological polar surface area (TPSA) is 73.3 Å². The van der Waals surface area contributed by atoms with Gasteiger partial charge in [-0.3, -0.25) is 10.1 Å². The number of hydrogen-bond acceptors (Lipinski definition) is 6. The third kappa shape index (κ3) is 4.37. The van der Waals surface area contributed by atoms with Crippen LogP contribution in [0.4, 0.5) is 5.13 Å². The minimum absolute atomic E-state index is 0.0883. The van der Waals surface area contributed by atoms with Crippen LogP contribution in [0.2, 0.25) is 0 Å². The number of aryl methyl sites for hydroxylation is 1. The van der Waals surface area contributed by atoms with Crippen LogP contribution in [0, 0.1) is 0 Å². The Kier molecular flexibility index (Phi) is 5.80. The predicted molar refractivity (Wildman–Crippen MR) is 102 cm³/mol. The van der Waals surface area contributed by atoms with Gasteiger partial charge >= 0.3 is 0 Å². The maximum Gasteiger partial charge on any atom is 0.264 e. The molecule has 1 amide bonds. The molecule has 0 radical (unpaired) electrons. The second-order valence-electron chi connectivity index (χ2n) is 5.45. The fraction of sp³-hybridized carbons (Fsp3) is 0.211. The predicted octanol–water partition coefficient (Wildman–Crippen LogP) is 3.79. The zero-order chi connectivity index (χ0) is 18.4. The minimum atomic E-state index is -0.285. The highest BCUT2D eigenvalue weighted by Crippen LogP contribution is 2.33. The molecule has 0 bridgehead atoms. The van der Waals surface area contributed by atoms with Gasteiger partial charge in [0.1, 0.15) is 11.5 Å². The minimum Gasteiger partial charge on any atom is -0.496 e. The van der Waals surface area contributed by atoms with Crippen LogP contribution in [-0.4, -0.2) is 29.8 Å². The number of rotatable bonds is 7. The second-order valence-corrected chi connectivity index (χ2v) is 6.42. The Bertz CT molecular complexity index is 878. The molecule has 6 nitrogen and oxygen atoms in total. The zero-order valence-electron chi connectivity index (χ0n) is 14.6. The number of hydrogen-bond donors (Lipinski definition) is 1. The molecule has 0 atom stereocenters. The van der Waals surface area contributed by atoms with Gasteiger partial charge in [-0.1, -0.05) is 42.5 Å². The summed E-state index contributed by atoms with van der Waals surface area (Å²) >= 11 is 1.28. The first-order valence-corrected chi connectivity index (χ1v) is 8.99. The van der Waals surface area contributed by atoms with Crippen molar-refractivity contribution in [1.82, 2.24) is 10.2 Å². The van der Waals surface area contributed by atoms with Gasteiger partial charge in [0.15, 0.2) is 11.6 Å². The molecule has 7 heteroatoms. The molecular formula is C19H19N3O3S. The summed E-state index contributed by atoms with van der Waals surface area (Å²) in [6, 6.07) is 15.2. The molecule has 0 aliphatic carbocycles. The van der Waals surface area contributed by atoms with Crippen LogP contribution < -0.4 is 14.8 Å². The summed E-state index contributed by atoms with van der Waals surface area (Å²) in [6.07, 6.45) is 0.965. The number of para-hydroxylation sites is 1. The average molecular weight is 369 g/mol. The van der Waals surface area contributed by atoms with Gasteiger partial charge in [0.05, 0.1) is 12.7 Å². The first-order valence-electron chi connectivity index (χ1n) is 8.18. The SMILES string of the molecule is CCc1ccc(OCC(=O)Nc2nnc(-c3ccccc3OC)s2)cc1. The van der Waals surface area contributed by atoms with Crippen LogP contribution >= 0.6 is 11.3 Å². The number of amides is 1. The molecule has 0 saturated heterocycles. The number of anilines is 1. The van der Waals surface area contributed by atoms with Crippen LogP contribution in [0.3, 0.4) is 0 Å². The highest BCUT2D eigenvalue weighted by atomic mass is 32.1. The van der Waals surface area contributed by atoms with Gasteiger partial charge in [0.25, 0.3) is 5.91 Å². The lowest BCUT2D eigenvalue weighted by Gasteiger charge is -2.06. The van der Waals surface area contributed by atoms with E-state index in [-0.39, 0.29) is 12.5 Å². The van der Waals surface area contributed by atoms with Crippen molar-refractivity contribution in [2.45, 2.75) is 13.3 Å². The number of benzene rings is 2. The van der Waals surface area contributed by atoms with Crippen LogP contribution in [0.5, 0.6) is 11.5 Å². The van der Waals surface area contributed by atoms with E-state index in [0.717, 1.165) is 12.0 Å². The van der Waals surface area contributed by atoms with E-state index in [0.29, 0.717) is 21.6 Å². The third-order valence-corrected chi connectivity index (χ3v) is 4.58. The average Bonchev–Trinajstić information content (AvgIpc) is 3.15. The molecule has 1 aromatic heterocycles. The van der Waals surface area contributed by atoms with E-state index < -0.39 is 0 Å². The van der Waals surface area contributed by atoms with Crippen molar-refractivity contribution in [3.05, 3.63) is 54.1 Å². The third-order valence-electron chi connectivity index (χ3n) is 3.71. The molecular weight excluding hydrogens is 350 g/mol. The van der Waals surface area contributed by atoms with Crippen molar-refractivity contribution in [3.63, 3.8) is 0 Å². The van der Waals surface area contributed by atoms with Crippen molar-refractivity contribution >= 4 is 22.4 Å². The van der Waals surface area contributed by atoms with E-state index >= 15 is 0 Å². The first kappa shape index (κ1) is 17.9. The lowest BCUT2D eigenvalue weighted by atomic mass is 10.2. The number of nitrogens with one attached hydrogen (secondary N) is 1. The van der Waals surface area contributed by atoms with Crippen LogP contribution in [0.15, 0.2) is 48.5 Å². The highest BCUT2D eigenvalue weighted by molar-refractivity contribution is 7.18. The normalized spacial score (nSPS) is 10.4. The van der Waals surface area contributed by atoms with Gasteiger partial charge < -0.3 is 9.47 Å². The fourth-order valence-electron chi connectivity index (χ4n) is 2.33. The maximum atomic E-state index is 12.1. The number of aromatic nitrogens is 2. The Morgan fingerprint density at radius 2 is 1.88 bits per heavy atom. The monoisotopic (exact) mass is 369 g/mol. The molecule has 1 heterocycles. The number of nitrogens with zero attached hydrogens (tertiary/aromatic N) is 2. The molecule has 2 aromatic carbocycles. The van der Waals surface area contributed by atoms with E-state index in [1.807, 2.05) is 48.5 Å². The van der Waals surface area contributed by atoms with E-state index in [2.05, 4.69) is 22.4 Å². The standard InChI is InChI=1S/C19H19N3O3S/c1-3-13-8-10-14(11-9-13)25-12-17(23)20-19-22-21-18(26-19)15-6-4-5-7-16(15)24-2/h4-11H,3,12H2,1-2H3,(H,20,22,23). The van der Waals surface area contributed by atoms with Gasteiger partial charge in [-0.05, 0) is 36.2 Å². The van der Waals surface area contributed by atoms with E-state index in [1.54, 1.807) is 7.11 Å². The quantitative estimate of drug-likeness (QED) is 0.686. The van der Waals surface area contributed by atoms with Gasteiger partial charge in [-0.15, -0.1) is 10.2 Å². The molecule has 26 heavy (non-hydrogen) atoms. The summed E-state index contributed by atoms with van der Waals surface area (Å²) in [4.78, 5) is 12.1. The van der Waals surface area contributed by atoms with E-state index in [1.165, 1.54) is 16.9 Å². The van der Waals surface area contributed by atoms with E-state index in [4.69, 9.17) is 9.47 Å². The molecule has 0 spiro atoms. The molecule has 0 saturated carbocycles. The Balaban J connectivity index is 1.59. The Morgan fingerprint density at radius 3 is 2.62 bits per heavy atom. The summed E-state index contributed by atoms with van der Waals surface area (Å²) in [6.45, 7) is 2.00. The molecule has 3 rings (SSSR count). The summed E-state index contributed by atoms with van der Waals surface area (Å²) in [5, 5.41) is 11.9. The molecule has 0 unspecified atom stereocenters. The Labute approximate surface area is 155 Å². The molecule has 0 aliphatic rings. The zero-order valence-corrected chi connectivity index (χ0v) is 15.4. The molecule has 134 valence electrons. The smallest absolute Gasteiger partial charge is 0.264 e. The van der Waals surface area contributed by atoms with Gasteiger partial charge in [-0.25, -0.2) is 0 Å². The van der Waals surface area contributed by atoms with Crippen molar-refractivity contribution in [1.29, 1.82) is 0 Å². The number of carbonyl (C=O) groups is 1. The Morgan fingerprint density at radius 1 is 1.12 bits per heavy atom. The van der Waals surface area contributed by atoms with Crippen LogP contribution in [-0.2, 0) is 11.2 Å². The highest BCUT2D eigenvalue weighted by Gasteiger charge is 2.13. The van der Waals surface area contributed by atoms with Crippen molar-refractivity contribution in [2.75, 3.05) is 19.0 Å². The summed E-state index contributed by atoms with van der Waals surface area (Å²) < 4.78 is 10.8. The first-order chi connectivity index (χ1) is 12.7. The second kappa shape index (κ2) is 8.44. The maximum absolute atomic E-state index is 12.1. The van der Waals surface area contributed by atoms with Crippen molar-refractivity contribution in [2.24, 2.45) is 0 Å². The summed E-state index contributed by atoms with van der Waals surface area (Å²) in [5.41, 5.74) is 2.06. The van der Waals surface area contributed by atoms with Crippen molar-refractivity contribution in [3.8, 4) is 22.1 Å². The van der Waals surface area contributed by atoms with Crippen LogP contribution in [0.1, 0.15) is 12.5 Å². The number of carbonyl (C=O) groups excluding carboxylic acids is 1. The Hall–Kier alpha value is -2.93. The largest absolute Gasteiger partial charge is 0.496 e. The van der Waals surface area contributed by atoms with Gasteiger partial charge in [-0.2, -0.15) is 0 Å². The van der Waals surface area contributed by atoms with Crippen molar-refractivity contribution < 1.29 is 14.3 Å². The lowest BCUT2D eigenvalue weighted by Crippen LogP contribution is -2.20. The summed E-state index contributed by atoms with van der Waals surface area (Å²) in [5.74, 6) is 1.08. The summed E-state index contributed by atoms with van der Waals surface area (Å²) in [7, 11) is 1.60. The number of ether oxygens (including phenoxy) is 2. The van der Waals surface area contributed by atoms with E-state index in [9.17, 15) is 4.79 Å². The number of methoxy groups -OCH3 is 1. The lowest BCUT2D eigenvalue weighted by molar-refractivity contribution is -0.118. The van der Waals surface area contributed by atoms with Gasteiger partial charge in [0.2, 0.25) is 5.13 Å². The van der Waals surface area contributed by atoms with Crippen LogP contribution in [0.25, 0.3) is 10.6 Å². The van der Waals surface area contributed by atoms with Gasteiger partial charge in [0, 0.05) is 0 Å².